The number of hydrazine groups is 1. The molecule has 0 bridgehead atoms. The Morgan fingerprint density at radius 3 is 2.22 bits per heavy atom. The van der Waals surface area contributed by atoms with Gasteiger partial charge < -0.3 is 0 Å². The van der Waals surface area contributed by atoms with E-state index in [9.17, 15) is 8.78 Å². The Bertz CT molecular complexity index is 551. The monoisotopic (exact) mass is 396 g/mol. The van der Waals surface area contributed by atoms with E-state index in [1.54, 1.807) is 5.38 Å². The lowest BCUT2D eigenvalue weighted by molar-refractivity contribution is 0.509. The lowest BCUT2D eigenvalue weighted by Crippen LogP contribution is -2.30. The minimum atomic E-state index is -0.737. The van der Waals surface area contributed by atoms with Crippen molar-refractivity contribution in [3.05, 3.63) is 54.6 Å². The van der Waals surface area contributed by atoms with Crippen molar-refractivity contribution in [3.63, 3.8) is 0 Å². The van der Waals surface area contributed by atoms with Gasteiger partial charge in [0.1, 0.15) is 11.6 Å². The van der Waals surface area contributed by atoms with E-state index in [0.717, 1.165) is 4.47 Å². The Hall–Kier alpha value is -0.340. The number of nitrogens with two attached hydrogens (primary N) is 1. The highest BCUT2D eigenvalue weighted by Crippen LogP contribution is 2.34. The Morgan fingerprint density at radius 2 is 1.78 bits per heavy atom. The van der Waals surface area contributed by atoms with Gasteiger partial charge in [0, 0.05) is 19.9 Å². The van der Waals surface area contributed by atoms with Gasteiger partial charge in [0.15, 0.2) is 0 Å². The van der Waals surface area contributed by atoms with E-state index in [4.69, 9.17) is 5.84 Å². The predicted molar refractivity (Wildman–Crippen MR) is 75.2 cm³/mol. The topological polar surface area (TPSA) is 38.0 Å². The van der Waals surface area contributed by atoms with Crippen LogP contribution in [0.25, 0.3) is 0 Å². The smallest absolute Gasteiger partial charge is 0.132 e. The summed E-state index contributed by atoms with van der Waals surface area (Å²) in [5.41, 5.74) is 3.04. The van der Waals surface area contributed by atoms with E-state index in [0.29, 0.717) is 10.0 Å². The number of hydrogen-bond donors (Lipinski definition) is 2. The molecule has 1 aromatic heterocycles. The first-order valence-corrected chi connectivity index (χ1v) is 7.39. The average molecular weight is 398 g/mol. The Labute approximate surface area is 123 Å². The summed E-state index contributed by atoms with van der Waals surface area (Å²) in [4.78, 5) is 0. The molecule has 7 heteroatoms. The molecule has 0 saturated heterocycles. The number of halogens is 4. The van der Waals surface area contributed by atoms with Crippen molar-refractivity contribution >= 4 is 43.2 Å². The van der Waals surface area contributed by atoms with Crippen LogP contribution in [0.3, 0.4) is 0 Å². The van der Waals surface area contributed by atoms with Crippen LogP contribution < -0.4 is 11.3 Å². The van der Waals surface area contributed by atoms with Crippen molar-refractivity contribution in [2.24, 2.45) is 5.84 Å². The van der Waals surface area contributed by atoms with Crippen LogP contribution in [0.1, 0.15) is 17.2 Å². The molecule has 0 radical (unpaired) electrons. The maximum atomic E-state index is 13.9. The third kappa shape index (κ3) is 2.65. The van der Waals surface area contributed by atoms with Gasteiger partial charge in [0.05, 0.1) is 6.04 Å². The van der Waals surface area contributed by atoms with Crippen molar-refractivity contribution in [1.29, 1.82) is 0 Å². The van der Waals surface area contributed by atoms with Gasteiger partial charge in [0.25, 0.3) is 0 Å². The molecule has 1 unspecified atom stereocenters. The van der Waals surface area contributed by atoms with Crippen LogP contribution in [0.5, 0.6) is 0 Å². The molecule has 96 valence electrons. The number of rotatable bonds is 3. The standard InChI is InChI=1S/C11H8Br2F2N2S/c12-5-1-8(14)10(9(15)2-5)11(17-16)6-3-18-4-7(6)13/h1-4,11,17H,16H2. The zero-order chi connectivity index (χ0) is 13.3. The first kappa shape index (κ1) is 14.1. The van der Waals surface area contributed by atoms with Crippen LogP contribution in [0, 0.1) is 11.6 Å². The first-order chi connectivity index (χ1) is 8.54. The Morgan fingerprint density at radius 1 is 1.17 bits per heavy atom. The number of hydrogen-bond acceptors (Lipinski definition) is 3. The molecule has 0 aliphatic rings. The van der Waals surface area contributed by atoms with Gasteiger partial charge in [-0.3, -0.25) is 5.84 Å². The molecule has 1 atom stereocenters. The molecule has 0 aliphatic heterocycles. The molecule has 18 heavy (non-hydrogen) atoms. The normalized spacial score (nSPS) is 12.7. The lowest BCUT2D eigenvalue weighted by Gasteiger charge is -2.17. The van der Waals surface area contributed by atoms with Gasteiger partial charge in [-0.15, -0.1) is 0 Å². The summed E-state index contributed by atoms with van der Waals surface area (Å²) in [5, 5.41) is 3.61. The molecule has 1 aromatic carbocycles. The Balaban J connectivity index is 2.56. The highest BCUT2D eigenvalue weighted by Gasteiger charge is 2.23. The lowest BCUT2D eigenvalue weighted by atomic mass is 10.0. The second kappa shape index (κ2) is 5.75. The van der Waals surface area contributed by atoms with Crippen LogP contribution in [0.15, 0.2) is 31.8 Å². The molecule has 2 rings (SSSR count). The van der Waals surface area contributed by atoms with Gasteiger partial charge in [0.2, 0.25) is 0 Å². The molecule has 2 aromatic rings. The van der Waals surface area contributed by atoms with Gasteiger partial charge in [-0.05, 0) is 39.0 Å². The van der Waals surface area contributed by atoms with Crippen LogP contribution in [0.4, 0.5) is 8.78 Å². The second-order valence-corrected chi connectivity index (χ2v) is 6.07. The quantitative estimate of drug-likeness (QED) is 0.604. The van der Waals surface area contributed by atoms with Crippen molar-refractivity contribution in [2.45, 2.75) is 6.04 Å². The highest BCUT2D eigenvalue weighted by molar-refractivity contribution is 9.10. The van der Waals surface area contributed by atoms with Gasteiger partial charge >= 0.3 is 0 Å². The van der Waals surface area contributed by atoms with Crippen LogP contribution in [0.2, 0.25) is 0 Å². The highest BCUT2D eigenvalue weighted by atomic mass is 79.9. The predicted octanol–water partition coefficient (Wildman–Crippen LogP) is 4.10. The first-order valence-electron chi connectivity index (χ1n) is 4.86. The fourth-order valence-corrected chi connectivity index (χ4v) is 3.61. The molecule has 0 amide bonds. The van der Waals surface area contributed by atoms with Gasteiger partial charge in [-0.1, -0.05) is 15.9 Å². The summed E-state index contributed by atoms with van der Waals surface area (Å²) < 4.78 is 28.9. The number of nitrogens with one attached hydrogen (secondary N) is 1. The minimum absolute atomic E-state index is 0.0974. The summed E-state index contributed by atoms with van der Waals surface area (Å²) in [6.07, 6.45) is 0. The molecular formula is C11H8Br2F2N2S. The molecule has 2 nitrogen and oxygen atoms in total. The minimum Gasteiger partial charge on any atom is -0.271 e. The summed E-state index contributed by atoms with van der Waals surface area (Å²) in [6.45, 7) is 0. The van der Waals surface area contributed by atoms with Crippen LogP contribution in [-0.2, 0) is 0 Å². The third-order valence-electron chi connectivity index (χ3n) is 2.45. The van der Waals surface area contributed by atoms with E-state index < -0.39 is 17.7 Å². The van der Waals surface area contributed by atoms with Crippen LogP contribution in [-0.4, -0.2) is 0 Å². The maximum absolute atomic E-state index is 13.9. The fourth-order valence-electron chi connectivity index (χ4n) is 1.66. The largest absolute Gasteiger partial charge is 0.271 e. The summed E-state index contributed by atoms with van der Waals surface area (Å²) >= 11 is 7.79. The average Bonchev–Trinajstić information content (AvgIpc) is 2.69. The van der Waals surface area contributed by atoms with E-state index in [1.807, 2.05) is 5.38 Å². The van der Waals surface area contributed by atoms with Crippen LogP contribution >= 0.6 is 43.2 Å². The summed E-state index contributed by atoms with van der Waals surface area (Å²) in [5.74, 6) is 4.13. The SMILES string of the molecule is NNC(c1cscc1Br)c1c(F)cc(Br)cc1F. The molecule has 0 spiro atoms. The summed E-state index contributed by atoms with van der Waals surface area (Å²) in [6, 6.07) is 1.69. The van der Waals surface area contributed by atoms with Crippen molar-refractivity contribution < 1.29 is 8.78 Å². The van der Waals surface area contributed by atoms with E-state index >= 15 is 0 Å². The van der Waals surface area contributed by atoms with Crippen molar-refractivity contribution in [2.75, 3.05) is 0 Å². The Kier molecular flexibility index (Phi) is 4.50. The number of benzene rings is 1. The number of thiophene rings is 1. The van der Waals surface area contributed by atoms with Gasteiger partial charge in [-0.2, -0.15) is 11.3 Å². The molecule has 0 aliphatic carbocycles. The summed E-state index contributed by atoms with van der Waals surface area (Å²) in [7, 11) is 0. The molecule has 0 saturated carbocycles. The zero-order valence-electron chi connectivity index (χ0n) is 8.88. The van der Waals surface area contributed by atoms with Gasteiger partial charge in [-0.25, -0.2) is 14.2 Å². The van der Waals surface area contributed by atoms with Crippen molar-refractivity contribution in [3.8, 4) is 0 Å². The molecule has 3 N–H and O–H groups in total. The van der Waals surface area contributed by atoms with E-state index in [1.165, 1.54) is 23.5 Å². The second-order valence-electron chi connectivity index (χ2n) is 3.56. The van der Waals surface area contributed by atoms with Crippen molar-refractivity contribution in [1.82, 2.24) is 5.43 Å². The third-order valence-corrected chi connectivity index (χ3v) is 4.66. The van der Waals surface area contributed by atoms with E-state index in [-0.39, 0.29) is 5.56 Å². The molecular weight excluding hydrogens is 390 g/mol. The van der Waals surface area contributed by atoms with E-state index in [2.05, 4.69) is 37.3 Å². The molecule has 0 fully saturated rings. The fraction of sp³-hybridized carbons (Fsp3) is 0.0909. The molecule has 1 heterocycles. The maximum Gasteiger partial charge on any atom is 0.132 e. The zero-order valence-corrected chi connectivity index (χ0v) is 12.9.